The number of phenols is 1. The van der Waals surface area contributed by atoms with Gasteiger partial charge in [-0.1, -0.05) is 82.1 Å². The zero-order chi connectivity index (χ0) is 96.0. The standard InChI is InChI=1S/C87H123N21O20S3/c1-9-10-22-65-79(121)96-56(21-15-31-92-87(90)91)75(117)103-64(74(116)94-41-71(89)113)45-130-46-72(114)95-59(36-49-26-28-52(111)29-27-49)82(124)104(5)48(4)73(115)98-61(39-70(88)112)85(127)108-33-17-24-67(108)81(123)102-63(43-110)78(120)99-58(35-47(2)3)84(126)107-32-16-23-66(107)80(122)97-57(37-50-40-93-55-20-13-11-18-53(50)55)76(118)101-62(42-109)77(119)100-60(38-51-44-131-69-25-14-12-19-54(51)69)83(125)106(7)68(30-34-129-8)86(128)105(65)6/h11-14,18-20,25-29,40,44,47-48,56-68,93,109-111H,9-10,15-17,21-24,30-39,41-43,45-46H2,1-8H3,(H2,88,112)(H2,89,113)(H,94,116)(H,95,114)(H,96,121)(H,97,122)(H,98,115)(H,99,120)(H,100,119)(H,101,118)(H,102,123)(H,103,117)(H4,90,91,92)/t48-,56-,57-,58-,59-,60-,61-,62-,63-,64?,65-,66?,67-,68-/m0/s1. The second-order valence-corrected chi connectivity index (χ2v) is 36.1. The molecule has 0 bridgehead atoms. The Labute approximate surface area is 770 Å². The fourth-order valence-corrected chi connectivity index (χ4v) is 18.2. The number of phenolic OH excluding ortho intramolecular Hbond substituents is 1. The molecule has 3 saturated heterocycles. The van der Waals surface area contributed by atoms with Crippen molar-refractivity contribution < 1.29 is 96.8 Å². The monoisotopic (exact) mass is 1880 g/mol. The van der Waals surface area contributed by atoms with Crippen molar-refractivity contribution >= 4 is 162 Å². The van der Waals surface area contributed by atoms with E-state index in [1.54, 1.807) is 62.0 Å². The van der Waals surface area contributed by atoms with E-state index >= 15 is 33.6 Å². The smallest absolute Gasteiger partial charge is 0.246 e. The first-order valence-electron chi connectivity index (χ1n) is 43.5. The first kappa shape index (κ1) is 104. The van der Waals surface area contributed by atoms with Gasteiger partial charge in [0.05, 0.1) is 31.9 Å². The average Bonchev–Trinajstić information content (AvgIpc) is 1.81. The van der Waals surface area contributed by atoms with Crippen LogP contribution in [0.5, 0.6) is 5.75 Å². The number of unbranched alkanes of at least 4 members (excludes halogenated alkanes) is 1. The Morgan fingerprint density at radius 2 is 1.10 bits per heavy atom. The van der Waals surface area contributed by atoms with Crippen LogP contribution in [0.15, 0.2) is 84.4 Å². The number of nitrogens with two attached hydrogens (primary N) is 3. The number of aliphatic hydroxyl groups is 2. The number of aliphatic hydroxyl groups excluding tert-OH is 2. The van der Waals surface area contributed by atoms with Gasteiger partial charge in [-0.05, 0) is 134 Å². The Bertz CT molecular complexity index is 4920. The Morgan fingerprint density at radius 1 is 0.557 bits per heavy atom. The van der Waals surface area contributed by atoms with Crippen LogP contribution in [-0.4, -0.2) is 320 Å². The highest BCUT2D eigenvalue weighted by Gasteiger charge is 2.45. The largest absolute Gasteiger partial charge is 0.508 e. The molecule has 3 aliphatic rings. The molecular formula is C87H123N21O20S3. The molecule has 0 saturated carbocycles. The second kappa shape index (κ2) is 50.3. The summed E-state index contributed by atoms with van der Waals surface area (Å²) in [6.07, 6.45) is 2.82. The number of amides is 17. The molecule has 22 N–H and O–H groups in total. The molecule has 3 fully saturated rings. The lowest BCUT2D eigenvalue weighted by Gasteiger charge is -2.36. The SMILES string of the molecule is CCCC[C@H]1C(=O)N[C@@H](CCCNC(=N)N)C(=O)NC(C(=O)NCC(N)=O)CSCC(=O)N[C@@H](Cc2ccc(O)cc2)C(=O)N(C)[C@@H](C)C(=O)N[C@@H](CC(N)=O)C(=O)N2CCC[C@H]2C(=O)N[C@@H](CO)C(=O)N[C@@H](CC(C)C)C(=O)N2CCCC2C(=O)N[C@@H](Cc2c[nH]c3ccccc23)C(=O)N[C@@H](CO)C(=O)N[C@@H](Cc2csc3ccccc23)C(=O)N(C)[C@@H](CCSC)C(=O)N1C. The minimum atomic E-state index is -1.85. The van der Waals surface area contributed by atoms with Crippen LogP contribution in [0.4, 0.5) is 0 Å². The number of nitrogens with zero attached hydrogens (tertiary/aromatic N) is 5. The molecule has 714 valence electrons. The third-order valence-electron chi connectivity index (χ3n) is 23.1. The third-order valence-corrected chi connectivity index (χ3v) is 25.8. The maximum Gasteiger partial charge on any atom is 0.246 e. The van der Waals surface area contributed by atoms with Gasteiger partial charge in [0.1, 0.15) is 90.3 Å². The van der Waals surface area contributed by atoms with Gasteiger partial charge in [-0.2, -0.15) is 11.8 Å². The molecule has 41 nitrogen and oxygen atoms in total. The van der Waals surface area contributed by atoms with Crippen molar-refractivity contribution in [2.24, 2.45) is 23.1 Å². The lowest BCUT2D eigenvalue weighted by atomic mass is 10.0. The van der Waals surface area contributed by atoms with Gasteiger partial charge in [-0.3, -0.25) is 86.9 Å². The van der Waals surface area contributed by atoms with Crippen LogP contribution in [0.25, 0.3) is 21.0 Å². The summed E-state index contributed by atoms with van der Waals surface area (Å²) in [5.41, 5.74) is 18.9. The van der Waals surface area contributed by atoms with Crippen molar-refractivity contribution in [2.45, 2.75) is 209 Å². The van der Waals surface area contributed by atoms with Crippen molar-refractivity contribution in [1.82, 2.24) is 88.0 Å². The number of aromatic amines is 1. The number of carbonyl (C=O) groups excluding carboxylic acids is 17. The highest BCUT2D eigenvalue weighted by Crippen LogP contribution is 2.30. The Hall–Kier alpha value is -12.2. The number of hydrogen-bond donors (Lipinski definition) is 19. The molecule has 0 aliphatic carbocycles. The molecule has 2 unspecified atom stereocenters. The number of hydrogen-bond acceptors (Lipinski definition) is 24. The number of nitrogens with one attached hydrogen (secondary N) is 13. The van der Waals surface area contributed by atoms with Crippen molar-refractivity contribution in [1.29, 1.82) is 5.41 Å². The van der Waals surface area contributed by atoms with E-state index in [4.69, 9.17) is 22.6 Å². The molecule has 8 rings (SSSR count). The van der Waals surface area contributed by atoms with Crippen LogP contribution in [0.3, 0.4) is 0 Å². The number of likely N-dealkylation sites (N-methyl/N-ethyl adjacent to an activating group) is 3. The van der Waals surface area contributed by atoms with Crippen LogP contribution in [-0.2, 0) is 101 Å². The number of H-pyrrole nitrogens is 1. The molecular weight excluding hydrogens is 1760 g/mol. The van der Waals surface area contributed by atoms with Gasteiger partial charge in [0, 0.05) is 87.6 Å². The molecule has 17 amide bonds. The maximum absolute atomic E-state index is 15.7. The number of aromatic nitrogens is 1. The number of fused-ring (bicyclic) bond motifs is 4. The maximum atomic E-state index is 15.7. The summed E-state index contributed by atoms with van der Waals surface area (Å²) >= 11 is 3.45. The number of aromatic hydroxyl groups is 1. The van der Waals surface area contributed by atoms with Gasteiger partial charge >= 0.3 is 0 Å². The summed E-state index contributed by atoms with van der Waals surface area (Å²) in [6.45, 7) is 3.60. The van der Waals surface area contributed by atoms with E-state index in [-0.39, 0.29) is 114 Å². The van der Waals surface area contributed by atoms with Crippen LogP contribution in [0, 0.1) is 11.3 Å². The summed E-state index contributed by atoms with van der Waals surface area (Å²) in [5, 5.41) is 71.9. The molecule has 2 aromatic heterocycles. The minimum absolute atomic E-state index is 0.0101. The van der Waals surface area contributed by atoms with Crippen molar-refractivity contribution in [3.8, 4) is 5.75 Å². The number of primary amides is 2. The second-order valence-electron chi connectivity index (χ2n) is 33.2. The highest BCUT2D eigenvalue weighted by molar-refractivity contribution is 8.00. The number of guanidine groups is 1. The highest BCUT2D eigenvalue weighted by atomic mass is 32.2. The van der Waals surface area contributed by atoms with E-state index in [2.05, 4.69) is 63.5 Å². The molecule has 0 spiro atoms. The number of para-hydroxylation sites is 1. The summed E-state index contributed by atoms with van der Waals surface area (Å²) in [7, 11) is 3.91. The van der Waals surface area contributed by atoms with Crippen LogP contribution in [0.1, 0.15) is 121 Å². The van der Waals surface area contributed by atoms with E-state index in [1.165, 1.54) is 80.3 Å². The summed E-state index contributed by atoms with van der Waals surface area (Å²) in [5.74, 6) is -17.6. The predicted octanol–water partition coefficient (Wildman–Crippen LogP) is -2.58. The minimum Gasteiger partial charge on any atom is -0.508 e. The number of benzene rings is 3. The van der Waals surface area contributed by atoms with Crippen LogP contribution < -0.4 is 75.7 Å². The summed E-state index contributed by atoms with van der Waals surface area (Å²) < 4.78 is 0.819. The van der Waals surface area contributed by atoms with E-state index in [0.717, 1.165) is 41.4 Å². The third kappa shape index (κ3) is 29.4. The lowest BCUT2D eigenvalue weighted by molar-refractivity contribution is -0.149. The first-order valence-corrected chi connectivity index (χ1v) is 46.9. The molecule has 3 aromatic carbocycles. The molecule has 5 heterocycles. The Morgan fingerprint density at radius 3 is 1.71 bits per heavy atom. The normalized spacial score (nSPS) is 24.6. The molecule has 3 aliphatic heterocycles. The zero-order valence-corrected chi connectivity index (χ0v) is 77.1. The van der Waals surface area contributed by atoms with Gasteiger partial charge in [0.25, 0.3) is 0 Å². The molecule has 44 heteroatoms. The quantitative estimate of drug-likeness (QED) is 0.0162. The Balaban J connectivity index is 1.18. The van der Waals surface area contributed by atoms with Gasteiger partial charge in [0.15, 0.2) is 5.96 Å². The Kier molecular flexibility index (Phi) is 40.0. The summed E-state index contributed by atoms with van der Waals surface area (Å²) in [6, 6.07) is -1.70. The predicted molar refractivity (Wildman–Crippen MR) is 490 cm³/mol. The lowest BCUT2D eigenvalue weighted by Crippen LogP contribution is -2.62. The topological polar surface area (TPSA) is 617 Å². The van der Waals surface area contributed by atoms with Gasteiger partial charge in [-0.25, -0.2) is 0 Å². The van der Waals surface area contributed by atoms with Crippen LogP contribution in [0.2, 0.25) is 0 Å². The van der Waals surface area contributed by atoms with E-state index in [0.29, 0.717) is 40.4 Å². The van der Waals surface area contributed by atoms with Gasteiger partial charge in [-0.15, -0.1) is 23.1 Å². The average molecular weight is 1880 g/mol. The van der Waals surface area contributed by atoms with Crippen molar-refractivity contribution in [3.05, 3.63) is 101 Å². The molecule has 5 aromatic rings. The van der Waals surface area contributed by atoms with Crippen molar-refractivity contribution in [2.75, 3.05) is 84.1 Å². The molecule has 0 radical (unpaired) electrons. The van der Waals surface area contributed by atoms with Crippen molar-refractivity contribution in [3.63, 3.8) is 0 Å². The number of rotatable bonds is 25. The number of thioether (sulfide) groups is 2. The molecule has 131 heavy (non-hydrogen) atoms. The summed E-state index contributed by atoms with van der Waals surface area (Å²) in [4.78, 5) is 257. The van der Waals surface area contributed by atoms with Gasteiger partial charge in [0.2, 0.25) is 100 Å². The van der Waals surface area contributed by atoms with E-state index in [1.807, 2.05) is 25.1 Å². The zero-order valence-electron chi connectivity index (χ0n) is 74.7. The van der Waals surface area contributed by atoms with E-state index < -0.39 is 229 Å². The number of carbonyl (C=O) groups is 17. The van der Waals surface area contributed by atoms with Gasteiger partial charge < -0.3 is 120 Å². The number of thiophene rings is 1. The first-order chi connectivity index (χ1) is 62.4. The fourth-order valence-electron chi connectivity index (χ4n) is 15.9. The van der Waals surface area contributed by atoms with Crippen LogP contribution >= 0.6 is 34.9 Å². The van der Waals surface area contributed by atoms with E-state index in [9.17, 15) is 63.3 Å². The fraction of sp³-hybridized carbons (Fsp3) is 0.540. The molecule has 14 atom stereocenters.